The molecule has 0 spiro atoms. The van der Waals surface area contributed by atoms with E-state index in [0.29, 0.717) is 16.3 Å². The van der Waals surface area contributed by atoms with Crippen molar-refractivity contribution in [3.05, 3.63) is 46.1 Å². The minimum atomic E-state index is -1.13. The molecule has 1 fully saturated rings. The molecular formula is C15H13ClN2O4S. The van der Waals surface area contributed by atoms with Crippen molar-refractivity contribution in [3.63, 3.8) is 0 Å². The molecular weight excluding hydrogens is 340 g/mol. The fraction of sp³-hybridized carbons (Fsp3) is 0.267. The lowest BCUT2D eigenvalue weighted by molar-refractivity contribution is -0.148. The second-order valence-corrected chi connectivity index (χ2v) is 6.79. The standard InChI is InChI=1S/C15H13ClN2O4S/c1-7-6-23-14-10(13(20)18(14)11(7)15(21)22)17-12(19)8-4-2-3-5-9(8)16/h2-5,10,14H,6H2,1H3,(H,17,19)(H,21,22)/t10-,14-/m1/s1. The number of hydrogen-bond donors (Lipinski definition) is 2. The van der Waals surface area contributed by atoms with Crippen LogP contribution >= 0.6 is 23.4 Å². The van der Waals surface area contributed by atoms with Crippen LogP contribution in [0.15, 0.2) is 35.5 Å². The van der Waals surface area contributed by atoms with Crippen LogP contribution in [0.3, 0.4) is 0 Å². The first-order valence-electron chi connectivity index (χ1n) is 6.85. The minimum Gasteiger partial charge on any atom is -0.477 e. The third kappa shape index (κ3) is 2.60. The van der Waals surface area contributed by atoms with Crippen molar-refractivity contribution in [1.82, 2.24) is 10.2 Å². The van der Waals surface area contributed by atoms with Gasteiger partial charge in [0.1, 0.15) is 17.1 Å². The summed E-state index contributed by atoms with van der Waals surface area (Å²) in [6.45, 7) is 1.69. The Bertz CT molecular complexity index is 749. The van der Waals surface area contributed by atoms with Gasteiger partial charge in [0.2, 0.25) is 0 Å². The number of carboxylic acid groups (broad SMARTS) is 1. The number of benzene rings is 1. The molecule has 6 nitrogen and oxygen atoms in total. The molecule has 0 saturated carbocycles. The second-order valence-electron chi connectivity index (χ2n) is 5.27. The van der Waals surface area contributed by atoms with Gasteiger partial charge in [0.25, 0.3) is 11.8 Å². The number of thioether (sulfide) groups is 1. The highest BCUT2D eigenvalue weighted by Crippen LogP contribution is 2.40. The van der Waals surface area contributed by atoms with Crippen LogP contribution in [0.5, 0.6) is 0 Å². The van der Waals surface area contributed by atoms with Gasteiger partial charge in [0.15, 0.2) is 0 Å². The summed E-state index contributed by atoms with van der Waals surface area (Å²) in [5.41, 5.74) is 0.941. The smallest absolute Gasteiger partial charge is 0.352 e. The molecule has 1 aromatic rings. The first-order chi connectivity index (χ1) is 10.9. The lowest BCUT2D eigenvalue weighted by atomic mass is 10.0. The molecule has 0 aliphatic carbocycles. The number of amides is 2. The maximum Gasteiger partial charge on any atom is 0.352 e. The van der Waals surface area contributed by atoms with Gasteiger partial charge in [-0.3, -0.25) is 14.5 Å². The molecule has 8 heteroatoms. The van der Waals surface area contributed by atoms with E-state index in [2.05, 4.69) is 5.32 Å². The first kappa shape index (κ1) is 15.9. The highest BCUT2D eigenvalue weighted by atomic mass is 35.5. The van der Waals surface area contributed by atoms with Crippen molar-refractivity contribution in [2.45, 2.75) is 18.3 Å². The molecule has 2 aliphatic rings. The van der Waals surface area contributed by atoms with E-state index in [-0.39, 0.29) is 11.3 Å². The quantitative estimate of drug-likeness (QED) is 0.809. The van der Waals surface area contributed by atoms with Gasteiger partial charge in [-0.25, -0.2) is 4.79 Å². The molecule has 0 bridgehead atoms. The van der Waals surface area contributed by atoms with E-state index < -0.39 is 29.2 Å². The Morgan fingerprint density at radius 2 is 2.09 bits per heavy atom. The van der Waals surface area contributed by atoms with Gasteiger partial charge >= 0.3 is 5.97 Å². The average Bonchev–Trinajstić information content (AvgIpc) is 2.52. The molecule has 0 aromatic heterocycles. The number of nitrogens with zero attached hydrogens (tertiary/aromatic N) is 1. The molecule has 1 saturated heterocycles. The number of carbonyl (C=O) groups excluding carboxylic acids is 2. The van der Waals surface area contributed by atoms with Crippen molar-refractivity contribution in [1.29, 1.82) is 0 Å². The van der Waals surface area contributed by atoms with Crippen molar-refractivity contribution < 1.29 is 19.5 Å². The van der Waals surface area contributed by atoms with Gasteiger partial charge in [-0.05, 0) is 24.6 Å². The molecule has 2 N–H and O–H groups in total. The monoisotopic (exact) mass is 352 g/mol. The first-order valence-corrected chi connectivity index (χ1v) is 8.27. The van der Waals surface area contributed by atoms with Crippen LogP contribution in [0.2, 0.25) is 5.02 Å². The van der Waals surface area contributed by atoms with Gasteiger partial charge in [-0.1, -0.05) is 23.7 Å². The van der Waals surface area contributed by atoms with Crippen LogP contribution < -0.4 is 5.32 Å². The molecule has 120 valence electrons. The summed E-state index contributed by atoms with van der Waals surface area (Å²) in [5.74, 6) is -1.48. The molecule has 3 rings (SSSR count). The van der Waals surface area contributed by atoms with Crippen LogP contribution in [0.4, 0.5) is 0 Å². The van der Waals surface area contributed by atoms with E-state index >= 15 is 0 Å². The number of fused-ring (bicyclic) bond motifs is 1. The normalized spacial score (nSPS) is 23.2. The van der Waals surface area contributed by atoms with Crippen LogP contribution in [0.25, 0.3) is 0 Å². The van der Waals surface area contributed by atoms with Gasteiger partial charge < -0.3 is 10.4 Å². The fourth-order valence-electron chi connectivity index (χ4n) is 2.64. The summed E-state index contributed by atoms with van der Waals surface area (Å²) >= 11 is 7.41. The summed E-state index contributed by atoms with van der Waals surface area (Å²) in [6.07, 6.45) is 0. The van der Waals surface area contributed by atoms with Gasteiger partial charge in [-0.15, -0.1) is 11.8 Å². The zero-order valence-electron chi connectivity index (χ0n) is 12.1. The maximum absolute atomic E-state index is 12.3. The van der Waals surface area contributed by atoms with Crippen molar-refractivity contribution >= 4 is 41.1 Å². The average molecular weight is 353 g/mol. The summed E-state index contributed by atoms with van der Waals surface area (Å²) in [6, 6.07) is 5.80. The Kier molecular flexibility index (Phi) is 4.08. The summed E-state index contributed by atoms with van der Waals surface area (Å²) in [5, 5.41) is 11.8. The predicted molar refractivity (Wildman–Crippen MR) is 86.1 cm³/mol. The minimum absolute atomic E-state index is 0.0157. The van der Waals surface area contributed by atoms with Crippen LogP contribution in [-0.2, 0) is 9.59 Å². The zero-order chi connectivity index (χ0) is 16.7. The number of aliphatic carboxylic acids is 1. The zero-order valence-corrected chi connectivity index (χ0v) is 13.6. The Hall–Kier alpha value is -1.99. The Morgan fingerprint density at radius 1 is 1.39 bits per heavy atom. The highest BCUT2D eigenvalue weighted by Gasteiger charge is 2.53. The molecule has 2 aliphatic heterocycles. The van der Waals surface area contributed by atoms with E-state index in [1.54, 1.807) is 31.2 Å². The van der Waals surface area contributed by atoms with Crippen molar-refractivity contribution in [3.8, 4) is 0 Å². The van der Waals surface area contributed by atoms with Crippen LogP contribution in [0, 0.1) is 0 Å². The number of halogens is 1. The SMILES string of the molecule is CC1=C(C(=O)O)N2C(=O)[C@@H](NC(=O)c3ccccc3Cl)[C@H]2SC1. The van der Waals surface area contributed by atoms with Crippen molar-refractivity contribution in [2.75, 3.05) is 5.75 Å². The summed E-state index contributed by atoms with van der Waals surface area (Å²) in [4.78, 5) is 37.1. The number of β-lactam (4-membered cyclic amide) rings is 1. The topological polar surface area (TPSA) is 86.7 Å². The Balaban J connectivity index is 1.78. The second kappa shape index (κ2) is 5.90. The Morgan fingerprint density at radius 3 is 2.74 bits per heavy atom. The third-order valence-corrected chi connectivity index (χ3v) is 5.52. The van der Waals surface area contributed by atoms with E-state index in [1.807, 2.05) is 0 Å². The number of nitrogens with one attached hydrogen (secondary N) is 1. The van der Waals surface area contributed by atoms with E-state index in [0.717, 1.165) is 0 Å². The van der Waals surface area contributed by atoms with Gasteiger partial charge in [0, 0.05) is 5.75 Å². The molecule has 23 heavy (non-hydrogen) atoms. The number of hydrogen-bond acceptors (Lipinski definition) is 4. The van der Waals surface area contributed by atoms with Crippen LogP contribution in [0.1, 0.15) is 17.3 Å². The number of rotatable bonds is 3. The largest absolute Gasteiger partial charge is 0.477 e. The van der Waals surface area contributed by atoms with Gasteiger partial charge in [0.05, 0.1) is 10.6 Å². The van der Waals surface area contributed by atoms with Gasteiger partial charge in [-0.2, -0.15) is 0 Å². The molecule has 2 heterocycles. The van der Waals surface area contributed by atoms with E-state index in [4.69, 9.17) is 11.6 Å². The Labute approximate surface area is 141 Å². The molecule has 0 radical (unpaired) electrons. The lowest BCUT2D eigenvalue weighted by Gasteiger charge is -2.49. The number of carbonyl (C=O) groups is 3. The highest BCUT2D eigenvalue weighted by molar-refractivity contribution is 8.00. The third-order valence-electron chi connectivity index (χ3n) is 3.77. The molecule has 1 aromatic carbocycles. The number of carboxylic acids is 1. The molecule has 0 unspecified atom stereocenters. The van der Waals surface area contributed by atoms with Crippen molar-refractivity contribution in [2.24, 2.45) is 0 Å². The van der Waals surface area contributed by atoms with E-state index in [9.17, 15) is 19.5 Å². The summed E-state index contributed by atoms with van der Waals surface area (Å²) < 4.78 is 0. The maximum atomic E-state index is 12.3. The lowest BCUT2D eigenvalue weighted by Crippen LogP contribution is -2.70. The van der Waals surface area contributed by atoms with Crippen LogP contribution in [-0.4, -0.2) is 45.0 Å². The summed E-state index contributed by atoms with van der Waals surface area (Å²) in [7, 11) is 0. The van der Waals surface area contributed by atoms with E-state index in [1.165, 1.54) is 16.7 Å². The molecule has 2 atom stereocenters. The predicted octanol–water partition coefficient (Wildman–Crippen LogP) is 1.71. The fourth-order valence-corrected chi connectivity index (χ4v) is 4.15. The molecule has 2 amide bonds.